The predicted molar refractivity (Wildman–Crippen MR) is 125 cm³/mol. The minimum absolute atomic E-state index is 0.113. The Morgan fingerprint density at radius 1 is 1.06 bits per heavy atom. The number of ether oxygens (including phenoxy) is 1. The van der Waals surface area contributed by atoms with E-state index in [4.69, 9.17) is 9.57 Å². The number of anilines is 2. The molecule has 0 aliphatic rings. The molecule has 1 unspecified atom stereocenters. The van der Waals surface area contributed by atoms with Gasteiger partial charge in [0.25, 0.3) is 5.91 Å². The Labute approximate surface area is 201 Å². The molecule has 0 aliphatic heterocycles. The third kappa shape index (κ3) is 6.59. The molecule has 3 rings (SSSR count). The lowest BCUT2D eigenvalue weighted by Gasteiger charge is -2.16. The Balaban J connectivity index is 1.67. The minimum atomic E-state index is -1.72. The van der Waals surface area contributed by atoms with E-state index in [2.05, 4.69) is 27.9 Å². The molecule has 0 saturated carbocycles. The molecule has 33 heavy (non-hydrogen) atoms. The number of hydroxylamine groups is 1. The van der Waals surface area contributed by atoms with Crippen LogP contribution in [0.5, 0.6) is 5.75 Å². The number of para-hydroxylation sites is 1. The quantitative estimate of drug-likeness (QED) is 0.194. The molecule has 0 fully saturated rings. The number of hydrogen-bond donors (Lipinski definition) is 3. The van der Waals surface area contributed by atoms with E-state index in [1.54, 1.807) is 49.4 Å². The summed E-state index contributed by atoms with van der Waals surface area (Å²) in [6, 6.07) is 14.5. The lowest BCUT2D eigenvalue weighted by molar-refractivity contribution is -0.0259. The van der Waals surface area contributed by atoms with E-state index in [-0.39, 0.29) is 13.2 Å². The zero-order valence-electron chi connectivity index (χ0n) is 17.4. The number of carbonyl (C=O) groups excluding carboxylic acids is 1. The van der Waals surface area contributed by atoms with Crippen molar-refractivity contribution in [2.75, 3.05) is 18.5 Å². The summed E-state index contributed by atoms with van der Waals surface area (Å²) < 4.78 is 48.5. The number of aryl methyl sites for hydroxylation is 1. The number of amides is 1. The molecule has 0 heterocycles. The lowest BCUT2D eigenvalue weighted by atomic mass is 10.1. The Bertz CT molecular complexity index is 1130. The first-order valence-corrected chi connectivity index (χ1v) is 10.8. The summed E-state index contributed by atoms with van der Waals surface area (Å²) in [6.07, 6.45) is -1.10. The topological polar surface area (TPSA) is 79.8 Å². The van der Waals surface area contributed by atoms with Gasteiger partial charge in [-0.2, -0.15) is 0 Å². The summed E-state index contributed by atoms with van der Waals surface area (Å²) in [4.78, 5) is 17.5. The molecule has 3 aromatic rings. The van der Waals surface area contributed by atoms with Crippen LogP contribution in [0.25, 0.3) is 0 Å². The number of nitrogens with one attached hydrogen (secondary N) is 2. The van der Waals surface area contributed by atoms with E-state index in [0.29, 0.717) is 23.1 Å². The molecule has 174 valence electrons. The summed E-state index contributed by atoms with van der Waals surface area (Å²) in [6.45, 7) is 1.27. The number of hydrogen-bond acceptors (Lipinski definition) is 5. The molecule has 0 aliphatic carbocycles. The molecule has 1 amide bonds. The molecule has 1 atom stereocenters. The van der Waals surface area contributed by atoms with Gasteiger partial charge >= 0.3 is 0 Å². The van der Waals surface area contributed by atoms with Crippen molar-refractivity contribution in [2.24, 2.45) is 0 Å². The van der Waals surface area contributed by atoms with Crippen LogP contribution in [0.4, 0.5) is 24.5 Å². The first-order chi connectivity index (χ1) is 15.8. The minimum Gasteiger partial charge on any atom is -0.491 e. The molecule has 0 bridgehead atoms. The number of halogens is 4. The largest absolute Gasteiger partial charge is 0.491 e. The smallest absolute Gasteiger partial charge is 0.277 e. The predicted octanol–water partition coefficient (Wildman–Crippen LogP) is 4.86. The van der Waals surface area contributed by atoms with Crippen LogP contribution >= 0.6 is 22.6 Å². The van der Waals surface area contributed by atoms with Crippen molar-refractivity contribution in [3.63, 3.8) is 0 Å². The van der Waals surface area contributed by atoms with E-state index in [9.17, 15) is 23.1 Å². The summed E-state index contributed by atoms with van der Waals surface area (Å²) in [5, 5.41) is 12.6. The first kappa shape index (κ1) is 24.8. The highest BCUT2D eigenvalue weighted by Gasteiger charge is 2.24. The SMILES string of the molecule is Cc1cc(I)ccc1Nc1c(C(=O)NOCC(O)COc2ccccc2)cc(F)c(F)c1F. The second kappa shape index (κ2) is 11.3. The summed E-state index contributed by atoms with van der Waals surface area (Å²) in [5.74, 6) is -5.28. The van der Waals surface area contributed by atoms with Gasteiger partial charge in [0.15, 0.2) is 17.5 Å². The third-order valence-corrected chi connectivity index (χ3v) is 5.15. The molecule has 0 spiro atoms. The average molecular weight is 572 g/mol. The van der Waals surface area contributed by atoms with E-state index in [1.807, 2.05) is 11.5 Å². The number of aliphatic hydroxyl groups excluding tert-OH is 1. The van der Waals surface area contributed by atoms with Crippen molar-refractivity contribution in [3.05, 3.63) is 86.7 Å². The maximum Gasteiger partial charge on any atom is 0.277 e. The molecule has 0 radical (unpaired) electrons. The zero-order valence-corrected chi connectivity index (χ0v) is 19.5. The Morgan fingerprint density at radius 2 is 1.79 bits per heavy atom. The third-order valence-electron chi connectivity index (χ3n) is 4.48. The van der Waals surface area contributed by atoms with Gasteiger partial charge in [-0.15, -0.1) is 0 Å². The van der Waals surface area contributed by atoms with Crippen LogP contribution in [0.2, 0.25) is 0 Å². The van der Waals surface area contributed by atoms with E-state index in [1.165, 1.54) is 0 Å². The van der Waals surface area contributed by atoms with Crippen molar-refractivity contribution in [1.82, 2.24) is 5.48 Å². The highest BCUT2D eigenvalue weighted by molar-refractivity contribution is 14.1. The van der Waals surface area contributed by atoms with Crippen LogP contribution in [0.1, 0.15) is 15.9 Å². The van der Waals surface area contributed by atoms with Crippen LogP contribution in [-0.4, -0.2) is 30.3 Å². The van der Waals surface area contributed by atoms with Gasteiger partial charge in [0.05, 0.1) is 11.3 Å². The normalized spacial score (nSPS) is 11.7. The van der Waals surface area contributed by atoms with Gasteiger partial charge in [-0.25, -0.2) is 18.7 Å². The van der Waals surface area contributed by atoms with Crippen molar-refractivity contribution in [2.45, 2.75) is 13.0 Å². The highest BCUT2D eigenvalue weighted by atomic mass is 127. The van der Waals surface area contributed by atoms with Gasteiger partial charge in [-0.05, 0) is 71.5 Å². The number of benzene rings is 3. The highest BCUT2D eigenvalue weighted by Crippen LogP contribution is 2.30. The number of rotatable bonds is 9. The molecule has 3 N–H and O–H groups in total. The fraction of sp³-hybridized carbons (Fsp3) is 0.174. The molecule has 0 aromatic heterocycles. The van der Waals surface area contributed by atoms with Crippen LogP contribution in [0, 0.1) is 27.9 Å². The van der Waals surface area contributed by atoms with Crippen molar-refractivity contribution in [1.29, 1.82) is 0 Å². The fourth-order valence-electron chi connectivity index (χ4n) is 2.81. The van der Waals surface area contributed by atoms with Gasteiger partial charge in [-0.1, -0.05) is 18.2 Å². The van der Waals surface area contributed by atoms with E-state index >= 15 is 0 Å². The molecule has 10 heteroatoms. The van der Waals surface area contributed by atoms with Gasteiger partial charge in [-0.3, -0.25) is 9.63 Å². The van der Waals surface area contributed by atoms with Gasteiger partial charge in [0.1, 0.15) is 25.1 Å². The fourth-order valence-corrected chi connectivity index (χ4v) is 3.46. The summed E-state index contributed by atoms with van der Waals surface area (Å²) in [5.41, 5.74) is 2.05. The molecule has 6 nitrogen and oxygen atoms in total. The van der Waals surface area contributed by atoms with Crippen LogP contribution in [-0.2, 0) is 4.84 Å². The molecular weight excluding hydrogens is 552 g/mol. The van der Waals surface area contributed by atoms with Gasteiger partial charge in [0, 0.05) is 9.26 Å². The second-order valence-corrected chi connectivity index (χ2v) is 8.26. The van der Waals surface area contributed by atoms with Gasteiger partial charge in [0.2, 0.25) is 0 Å². The van der Waals surface area contributed by atoms with Gasteiger partial charge < -0.3 is 15.2 Å². The number of aliphatic hydroxyl groups is 1. The monoisotopic (exact) mass is 572 g/mol. The van der Waals surface area contributed by atoms with Crippen molar-refractivity contribution in [3.8, 4) is 5.75 Å². The molecule has 3 aromatic carbocycles. The molecule has 0 saturated heterocycles. The Hall–Kier alpha value is -2.83. The Morgan fingerprint density at radius 3 is 2.48 bits per heavy atom. The van der Waals surface area contributed by atoms with Crippen molar-refractivity contribution >= 4 is 39.9 Å². The molecular formula is C23H20F3IN2O4. The average Bonchev–Trinajstić information content (AvgIpc) is 2.80. The van der Waals surface area contributed by atoms with Crippen LogP contribution < -0.4 is 15.5 Å². The standard InChI is InChI=1S/C23H20F3IN2O4/c1-13-9-14(27)7-8-19(13)28-22-17(10-18(24)20(25)21(22)26)23(31)29-33-12-15(30)11-32-16-5-3-2-4-6-16/h2-10,15,28,30H,11-12H2,1H3,(H,29,31). The Kier molecular flexibility index (Phi) is 8.53. The van der Waals surface area contributed by atoms with Crippen LogP contribution in [0.15, 0.2) is 54.6 Å². The maximum absolute atomic E-state index is 14.5. The number of carbonyl (C=O) groups is 1. The van der Waals surface area contributed by atoms with E-state index < -0.39 is 40.7 Å². The van der Waals surface area contributed by atoms with E-state index in [0.717, 1.165) is 3.57 Å². The zero-order chi connectivity index (χ0) is 24.0. The second-order valence-electron chi connectivity index (χ2n) is 7.01. The first-order valence-electron chi connectivity index (χ1n) is 9.75. The van der Waals surface area contributed by atoms with Crippen LogP contribution in [0.3, 0.4) is 0 Å². The maximum atomic E-state index is 14.5. The summed E-state index contributed by atoms with van der Waals surface area (Å²) in [7, 11) is 0. The van der Waals surface area contributed by atoms with Crippen molar-refractivity contribution < 1.29 is 32.6 Å². The lowest BCUT2D eigenvalue weighted by Crippen LogP contribution is -2.31. The summed E-state index contributed by atoms with van der Waals surface area (Å²) >= 11 is 2.09.